The highest BCUT2D eigenvalue weighted by Crippen LogP contribution is 2.43. The van der Waals surface area contributed by atoms with Gasteiger partial charge in [-0.05, 0) is 50.8 Å². The van der Waals surface area contributed by atoms with Crippen LogP contribution in [0, 0.1) is 5.92 Å². The van der Waals surface area contributed by atoms with Crippen LogP contribution in [0.25, 0.3) is 0 Å². The zero-order chi connectivity index (χ0) is 18.2. The average Bonchev–Trinajstić information content (AvgIpc) is 3.04. The Morgan fingerprint density at radius 2 is 1.65 bits per heavy atom. The van der Waals surface area contributed by atoms with Gasteiger partial charge in [-0.2, -0.15) is 0 Å². The van der Waals surface area contributed by atoms with Crippen molar-refractivity contribution >= 4 is 0 Å². The zero-order valence-electron chi connectivity index (χ0n) is 17.4. The van der Waals surface area contributed by atoms with Crippen LogP contribution in [0.2, 0.25) is 0 Å². The molecular weight excluding hydrogens is 316 g/mol. The summed E-state index contributed by atoms with van der Waals surface area (Å²) in [4.78, 5) is 2.59. The van der Waals surface area contributed by atoms with Crippen molar-refractivity contribution in [1.29, 1.82) is 0 Å². The summed E-state index contributed by atoms with van der Waals surface area (Å²) in [5.74, 6) is 0.903. The second kappa shape index (κ2) is 10.4. The number of hydrogen-bond donors (Lipinski definition) is 0. The maximum Gasteiger partial charge on any atom is 0.173 e. The van der Waals surface area contributed by atoms with E-state index in [4.69, 9.17) is 0 Å². The normalized spacial score (nSPS) is 22.4. The Morgan fingerprint density at radius 3 is 2.38 bits per heavy atom. The Labute approximate surface area is 162 Å². The van der Waals surface area contributed by atoms with Crippen LogP contribution in [-0.4, -0.2) is 18.5 Å². The first-order valence-electron chi connectivity index (χ1n) is 11.5. The molecule has 0 aromatic carbocycles. The summed E-state index contributed by atoms with van der Waals surface area (Å²) in [7, 11) is 2.32. The molecule has 2 atom stereocenters. The maximum atomic E-state index is 2.59. The number of likely N-dealkylation sites (tertiary alicyclic amines) is 1. The molecule has 0 saturated carbocycles. The molecule has 1 fully saturated rings. The standard InChI is InChI=1S/C24H41N2/c1-3-4-5-6-7-8-9-10-11-12-17-26-19-16-21-13-14-22-15-18-25(2)24(22)23(21)20-26/h16,19-20,22,24H,3-15,17-18H2,1-2H3/q+1/t22-,24+/m1/s1. The number of nitrogens with zero attached hydrogens (tertiary/aromatic N) is 2. The fraction of sp³-hybridized carbons (Fsp3) is 0.792. The molecule has 1 aromatic rings. The third kappa shape index (κ3) is 5.31. The Kier molecular flexibility index (Phi) is 7.98. The number of aryl methyl sites for hydroxylation is 2. The predicted octanol–water partition coefficient (Wildman–Crippen LogP) is 5.83. The van der Waals surface area contributed by atoms with E-state index < -0.39 is 0 Å². The molecule has 0 radical (unpaired) electrons. The van der Waals surface area contributed by atoms with Gasteiger partial charge in [-0.3, -0.25) is 4.90 Å². The minimum Gasteiger partial charge on any atom is -0.299 e. The van der Waals surface area contributed by atoms with Crippen molar-refractivity contribution in [2.45, 2.75) is 103 Å². The van der Waals surface area contributed by atoms with E-state index in [0.717, 1.165) is 5.92 Å². The van der Waals surface area contributed by atoms with Gasteiger partial charge in [0.25, 0.3) is 0 Å². The highest BCUT2D eigenvalue weighted by Gasteiger charge is 2.38. The van der Waals surface area contributed by atoms with Gasteiger partial charge in [-0.1, -0.05) is 58.3 Å². The molecule has 3 rings (SSSR count). The van der Waals surface area contributed by atoms with Crippen molar-refractivity contribution in [1.82, 2.24) is 4.90 Å². The highest BCUT2D eigenvalue weighted by atomic mass is 15.2. The van der Waals surface area contributed by atoms with Crippen LogP contribution >= 0.6 is 0 Å². The first-order chi connectivity index (χ1) is 12.8. The summed E-state index contributed by atoms with van der Waals surface area (Å²) >= 11 is 0. The van der Waals surface area contributed by atoms with Crippen LogP contribution in [0.1, 0.15) is 101 Å². The molecule has 0 unspecified atom stereocenters. The molecule has 0 amide bonds. The topological polar surface area (TPSA) is 7.12 Å². The zero-order valence-corrected chi connectivity index (χ0v) is 17.4. The van der Waals surface area contributed by atoms with Gasteiger partial charge in [-0.15, -0.1) is 0 Å². The van der Waals surface area contributed by atoms with Crippen molar-refractivity contribution in [2.24, 2.45) is 5.92 Å². The molecule has 146 valence electrons. The van der Waals surface area contributed by atoms with Crippen molar-refractivity contribution in [3.05, 3.63) is 29.6 Å². The van der Waals surface area contributed by atoms with E-state index in [1.165, 1.54) is 96.6 Å². The summed E-state index contributed by atoms with van der Waals surface area (Å²) in [6.07, 6.45) is 23.1. The molecule has 1 aromatic heterocycles. The second-order valence-electron chi connectivity index (χ2n) is 8.86. The molecule has 1 aliphatic heterocycles. The van der Waals surface area contributed by atoms with Gasteiger partial charge in [0.15, 0.2) is 12.4 Å². The number of pyridine rings is 1. The Balaban J connectivity index is 1.36. The van der Waals surface area contributed by atoms with Crippen molar-refractivity contribution < 1.29 is 4.57 Å². The first kappa shape index (κ1) is 19.9. The van der Waals surface area contributed by atoms with Crippen LogP contribution in [-0.2, 0) is 13.0 Å². The third-order valence-corrected chi connectivity index (χ3v) is 6.79. The van der Waals surface area contributed by atoms with Gasteiger partial charge < -0.3 is 0 Å². The van der Waals surface area contributed by atoms with Crippen LogP contribution in [0.3, 0.4) is 0 Å². The number of fused-ring (bicyclic) bond motifs is 3. The second-order valence-corrected chi connectivity index (χ2v) is 8.86. The lowest BCUT2D eigenvalue weighted by Gasteiger charge is -2.30. The van der Waals surface area contributed by atoms with Crippen molar-refractivity contribution in [2.75, 3.05) is 13.6 Å². The molecule has 2 heterocycles. The van der Waals surface area contributed by atoms with Crippen molar-refractivity contribution in [3.63, 3.8) is 0 Å². The number of aromatic nitrogens is 1. The molecule has 1 saturated heterocycles. The molecule has 26 heavy (non-hydrogen) atoms. The molecular formula is C24H41N2+. The summed E-state index contributed by atoms with van der Waals surface area (Å²) in [6.45, 7) is 4.78. The molecule has 2 nitrogen and oxygen atoms in total. The number of unbranched alkanes of at least 4 members (excludes halogenated alkanes) is 9. The van der Waals surface area contributed by atoms with Crippen LogP contribution < -0.4 is 4.57 Å². The summed E-state index contributed by atoms with van der Waals surface area (Å²) in [6, 6.07) is 3.10. The molecule has 0 bridgehead atoms. The highest BCUT2D eigenvalue weighted by molar-refractivity contribution is 5.29. The van der Waals surface area contributed by atoms with Gasteiger partial charge in [0.2, 0.25) is 0 Å². The van der Waals surface area contributed by atoms with Gasteiger partial charge in [-0.25, -0.2) is 4.57 Å². The lowest BCUT2D eigenvalue weighted by Crippen LogP contribution is -2.37. The van der Waals surface area contributed by atoms with E-state index in [0.29, 0.717) is 6.04 Å². The van der Waals surface area contributed by atoms with Crippen molar-refractivity contribution in [3.8, 4) is 0 Å². The number of hydrogen-bond acceptors (Lipinski definition) is 1. The van der Waals surface area contributed by atoms with Gasteiger partial charge in [0.05, 0.1) is 0 Å². The van der Waals surface area contributed by atoms with E-state index in [9.17, 15) is 0 Å². The van der Waals surface area contributed by atoms with Crippen LogP contribution in [0.15, 0.2) is 18.5 Å². The molecule has 2 aliphatic rings. The van der Waals surface area contributed by atoms with E-state index in [1.54, 1.807) is 11.1 Å². The maximum absolute atomic E-state index is 2.59. The van der Waals surface area contributed by atoms with Gasteiger partial charge in [0, 0.05) is 24.1 Å². The van der Waals surface area contributed by atoms with E-state index in [1.807, 2.05) is 0 Å². The molecule has 0 spiro atoms. The van der Waals surface area contributed by atoms with E-state index >= 15 is 0 Å². The summed E-state index contributed by atoms with van der Waals surface area (Å²) in [5.41, 5.74) is 3.25. The lowest BCUT2D eigenvalue weighted by atomic mass is 9.81. The fourth-order valence-corrected chi connectivity index (χ4v) is 5.16. The third-order valence-electron chi connectivity index (χ3n) is 6.79. The first-order valence-corrected chi connectivity index (χ1v) is 11.5. The molecule has 1 aliphatic carbocycles. The Bertz CT molecular complexity index is 539. The smallest absolute Gasteiger partial charge is 0.173 e. The van der Waals surface area contributed by atoms with E-state index in [2.05, 4.69) is 41.9 Å². The largest absolute Gasteiger partial charge is 0.299 e. The average molecular weight is 358 g/mol. The minimum absolute atomic E-state index is 0.693. The Morgan fingerprint density at radius 1 is 0.962 bits per heavy atom. The predicted molar refractivity (Wildman–Crippen MR) is 110 cm³/mol. The lowest BCUT2D eigenvalue weighted by molar-refractivity contribution is -0.698. The van der Waals surface area contributed by atoms with Crippen LogP contribution in [0.4, 0.5) is 0 Å². The SMILES string of the molecule is CCCCCCCCCCCC[n+]1ccc2c(c1)[C@@H]1[C@H](CC2)CCN1C. The van der Waals surface area contributed by atoms with E-state index in [-0.39, 0.29) is 0 Å². The quantitative estimate of drug-likeness (QED) is 0.357. The summed E-state index contributed by atoms with van der Waals surface area (Å²) in [5, 5.41) is 0. The monoisotopic (exact) mass is 357 g/mol. The van der Waals surface area contributed by atoms with Gasteiger partial charge in [0.1, 0.15) is 6.54 Å². The Hall–Kier alpha value is -0.890. The van der Waals surface area contributed by atoms with Crippen LogP contribution in [0.5, 0.6) is 0 Å². The summed E-state index contributed by atoms with van der Waals surface area (Å²) < 4.78 is 2.47. The fourth-order valence-electron chi connectivity index (χ4n) is 5.16. The molecule has 2 heteroatoms. The van der Waals surface area contributed by atoms with Gasteiger partial charge >= 0.3 is 0 Å². The minimum atomic E-state index is 0.693. The molecule has 0 N–H and O–H groups in total. The number of rotatable bonds is 11.